The van der Waals surface area contributed by atoms with Crippen molar-refractivity contribution in [2.75, 3.05) is 37.4 Å². The van der Waals surface area contributed by atoms with E-state index in [2.05, 4.69) is 15.7 Å². The fourth-order valence-electron chi connectivity index (χ4n) is 2.55. The highest BCUT2D eigenvalue weighted by Crippen LogP contribution is 2.26. The lowest BCUT2D eigenvalue weighted by molar-refractivity contribution is -0.116. The summed E-state index contributed by atoms with van der Waals surface area (Å²) in [6.07, 6.45) is 0. The topological polar surface area (TPSA) is 88.5 Å². The zero-order valence-corrected chi connectivity index (χ0v) is 19.3. The molecule has 0 aliphatic carbocycles. The number of hydrogen-bond donors (Lipinski definition) is 2. The Bertz CT molecular complexity index is 908. The summed E-state index contributed by atoms with van der Waals surface area (Å²) in [5.74, 6) is 0.199. The summed E-state index contributed by atoms with van der Waals surface area (Å²) in [5.41, 5.74) is 1.10. The predicted octanol–water partition coefficient (Wildman–Crippen LogP) is 4.14. The molecular formula is C20H27Cl2N5O3. The number of aromatic nitrogens is 2. The van der Waals surface area contributed by atoms with Crippen LogP contribution in [0.3, 0.4) is 0 Å². The highest BCUT2D eigenvalue weighted by Gasteiger charge is 2.22. The summed E-state index contributed by atoms with van der Waals surface area (Å²) in [5, 5.41) is 10.7. The molecule has 0 radical (unpaired) electrons. The summed E-state index contributed by atoms with van der Waals surface area (Å²) < 4.78 is 6.66. The van der Waals surface area contributed by atoms with Crippen molar-refractivity contribution in [3.05, 3.63) is 40.0 Å². The third-order valence-corrected chi connectivity index (χ3v) is 4.82. The maximum Gasteiger partial charge on any atom is 0.322 e. The number of nitrogens with one attached hydrogen (secondary N) is 2. The van der Waals surface area contributed by atoms with E-state index in [-0.39, 0.29) is 31.0 Å². The van der Waals surface area contributed by atoms with Gasteiger partial charge in [-0.3, -0.25) is 9.48 Å². The van der Waals surface area contributed by atoms with E-state index in [4.69, 9.17) is 27.9 Å². The molecule has 0 bridgehead atoms. The third kappa shape index (κ3) is 6.62. The normalized spacial score (nSPS) is 11.3. The predicted molar refractivity (Wildman–Crippen MR) is 119 cm³/mol. The fourth-order valence-corrected chi connectivity index (χ4v) is 3.00. The first-order chi connectivity index (χ1) is 14.0. The van der Waals surface area contributed by atoms with Crippen molar-refractivity contribution in [3.8, 4) is 0 Å². The maximum absolute atomic E-state index is 12.7. The Morgan fingerprint density at radius 3 is 2.47 bits per heavy atom. The first-order valence-corrected chi connectivity index (χ1v) is 10.1. The minimum atomic E-state index is -0.480. The van der Waals surface area contributed by atoms with E-state index in [1.165, 1.54) is 18.1 Å². The van der Waals surface area contributed by atoms with Crippen molar-refractivity contribution >= 4 is 46.6 Å². The van der Waals surface area contributed by atoms with Gasteiger partial charge < -0.3 is 20.3 Å². The van der Waals surface area contributed by atoms with Crippen molar-refractivity contribution in [1.29, 1.82) is 0 Å². The number of methoxy groups -OCH3 is 1. The zero-order chi connectivity index (χ0) is 22.5. The van der Waals surface area contributed by atoms with Crippen LogP contribution in [-0.2, 0) is 22.0 Å². The third-order valence-electron chi connectivity index (χ3n) is 4.28. The molecule has 1 aromatic heterocycles. The number of anilines is 2. The number of carbonyl (C=O) groups is 2. The van der Waals surface area contributed by atoms with Gasteiger partial charge in [-0.15, -0.1) is 0 Å². The van der Waals surface area contributed by atoms with Crippen molar-refractivity contribution in [3.63, 3.8) is 0 Å². The lowest BCUT2D eigenvalue weighted by atomic mass is 9.92. The van der Waals surface area contributed by atoms with Crippen molar-refractivity contribution in [2.24, 2.45) is 7.05 Å². The average Bonchev–Trinajstić information content (AvgIpc) is 3.01. The lowest BCUT2D eigenvalue weighted by Gasteiger charge is -2.22. The Labute approximate surface area is 186 Å². The largest absolute Gasteiger partial charge is 0.383 e. The molecular weight excluding hydrogens is 429 g/mol. The fraction of sp³-hybridized carbons (Fsp3) is 0.450. The molecule has 0 saturated carbocycles. The molecule has 30 heavy (non-hydrogen) atoms. The van der Waals surface area contributed by atoms with Crippen LogP contribution in [0.25, 0.3) is 0 Å². The second-order valence-electron chi connectivity index (χ2n) is 7.81. The molecule has 0 spiro atoms. The van der Waals surface area contributed by atoms with Gasteiger partial charge in [0, 0.05) is 37.2 Å². The van der Waals surface area contributed by atoms with E-state index in [1.807, 2.05) is 26.8 Å². The van der Waals surface area contributed by atoms with Gasteiger partial charge in [-0.2, -0.15) is 5.10 Å². The number of urea groups is 1. The summed E-state index contributed by atoms with van der Waals surface area (Å²) in [7, 11) is 3.28. The second kappa shape index (κ2) is 10.1. The molecule has 2 rings (SSSR count). The Morgan fingerprint density at radius 1 is 1.20 bits per heavy atom. The van der Waals surface area contributed by atoms with E-state index in [0.717, 1.165) is 5.69 Å². The molecule has 1 aromatic carbocycles. The number of nitrogens with zero attached hydrogens (tertiary/aromatic N) is 3. The molecule has 0 atom stereocenters. The summed E-state index contributed by atoms with van der Waals surface area (Å²) in [6.45, 7) is 6.45. The molecule has 2 aromatic rings. The standard InChI is InChI=1S/C20H27Cl2N5O3/c1-20(2,3)16-11-17(26(4)25-16)24-18(28)12-27(8-9-30-5)19(29)23-15-7-6-13(21)10-14(15)22/h6-7,10-11H,8-9,12H2,1-5H3,(H,23,29)(H,24,28). The molecule has 0 aliphatic rings. The van der Waals surface area contributed by atoms with Crippen LogP contribution in [0.4, 0.5) is 16.3 Å². The Kier molecular flexibility index (Phi) is 8.11. The van der Waals surface area contributed by atoms with Crippen LogP contribution in [0.1, 0.15) is 26.5 Å². The molecule has 3 amide bonds. The molecule has 0 unspecified atom stereocenters. The van der Waals surface area contributed by atoms with E-state index in [9.17, 15) is 9.59 Å². The summed E-state index contributed by atoms with van der Waals surface area (Å²) >= 11 is 12.0. The van der Waals surface area contributed by atoms with Gasteiger partial charge in [0.2, 0.25) is 5.91 Å². The van der Waals surface area contributed by atoms with Gasteiger partial charge in [-0.25, -0.2) is 4.79 Å². The first-order valence-electron chi connectivity index (χ1n) is 9.35. The highest BCUT2D eigenvalue weighted by atomic mass is 35.5. The van der Waals surface area contributed by atoms with Crippen LogP contribution in [0.15, 0.2) is 24.3 Å². The SMILES string of the molecule is COCCN(CC(=O)Nc1cc(C(C)(C)C)nn1C)C(=O)Nc1ccc(Cl)cc1Cl. The molecule has 10 heteroatoms. The molecule has 164 valence electrons. The number of hydrogen-bond acceptors (Lipinski definition) is 4. The highest BCUT2D eigenvalue weighted by molar-refractivity contribution is 6.36. The number of ether oxygens (including phenoxy) is 1. The molecule has 0 fully saturated rings. The van der Waals surface area contributed by atoms with E-state index < -0.39 is 6.03 Å². The second-order valence-corrected chi connectivity index (χ2v) is 8.65. The molecule has 0 aliphatic heterocycles. The van der Waals surface area contributed by atoms with Gasteiger partial charge in [0.05, 0.1) is 23.0 Å². The van der Waals surface area contributed by atoms with E-state index in [0.29, 0.717) is 21.6 Å². The smallest absolute Gasteiger partial charge is 0.322 e. The van der Waals surface area contributed by atoms with Gasteiger partial charge in [0.25, 0.3) is 0 Å². The van der Waals surface area contributed by atoms with Crippen molar-refractivity contribution in [2.45, 2.75) is 26.2 Å². The number of carbonyl (C=O) groups excluding carboxylic acids is 2. The number of amides is 3. The monoisotopic (exact) mass is 455 g/mol. The van der Waals surface area contributed by atoms with Crippen LogP contribution < -0.4 is 10.6 Å². The van der Waals surface area contributed by atoms with Crippen molar-refractivity contribution < 1.29 is 14.3 Å². The number of rotatable bonds is 7. The van der Waals surface area contributed by atoms with Crippen LogP contribution in [0.5, 0.6) is 0 Å². The molecule has 0 saturated heterocycles. The summed E-state index contributed by atoms with van der Waals surface area (Å²) in [6, 6.07) is 6.09. The van der Waals surface area contributed by atoms with Gasteiger partial charge >= 0.3 is 6.03 Å². The van der Waals surface area contributed by atoms with Crippen LogP contribution in [0, 0.1) is 0 Å². The molecule has 2 N–H and O–H groups in total. The van der Waals surface area contributed by atoms with Gasteiger partial charge in [-0.05, 0) is 18.2 Å². The Hall–Kier alpha value is -2.29. The molecule has 1 heterocycles. The maximum atomic E-state index is 12.7. The Morgan fingerprint density at radius 2 is 1.90 bits per heavy atom. The van der Waals surface area contributed by atoms with Gasteiger partial charge in [-0.1, -0.05) is 44.0 Å². The minimum absolute atomic E-state index is 0.150. The Balaban J connectivity index is 2.08. The first kappa shape index (κ1) is 24.0. The summed E-state index contributed by atoms with van der Waals surface area (Å²) in [4.78, 5) is 26.7. The van der Waals surface area contributed by atoms with Crippen LogP contribution in [-0.4, -0.2) is 53.4 Å². The minimum Gasteiger partial charge on any atom is -0.383 e. The van der Waals surface area contributed by atoms with Gasteiger partial charge in [0.1, 0.15) is 12.4 Å². The molecule has 8 nitrogen and oxygen atoms in total. The van der Waals surface area contributed by atoms with Crippen LogP contribution in [0.2, 0.25) is 10.0 Å². The number of aryl methyl sites for hydroxylation is 1. The zero-order valence-electron chi connectivity index (χ0n) is 17.8. The number of halogens is 2. The average molecular weight is 456 g/mol. The van der Waals surface area contributed by atoms with Gasteiger partial charge in [0.15, 0.2) is 0 Å². The van der Waals surface area contributed by atoms with E-state index in [1.54, 1.807) is 23.9 Å². The number of benzene rings is 1. The lowest BCUT2D eigenvalue weighted by Crippen LogP contribution is -2.42. The quantitative estimate of drug-likeness (QED) is 0.656. The van der Waals surface area contributed by atoms with E-state index >= 15 is 0 Å². The van der Waals surface area contributed by atoms with Crippen molar-refractivity contribution in [1.82, 2.24) is 14.7 Å². The van der Waals surface area contributed by atoms with Crippen LogP contribution >= 0.6 is 23.2 Å².